The highest BCUT2D eigenvalue weighted by Gasteiger charge is 2.10. The maximum atomic E-state index is 11.5. The number of rotatable bonds is 1. The van der Waals surface area contributed by atoms with Gasteiger partial charge < -0.3 is 9.40 Å². The Balaban J connectivity index is 2.26. The Morgan fingerprint density at radius 3 is 3.00 bits per heavy atom. The summed E-state index contributed by atoms with van der Waals surface area (Å²) in [5.74, 6) is 0.646. The molecule has 16 heavy (non-hydrogen) atoms. The van der Waals surface area contributed by atoms with Crippen LogP contribution in [0.4, 0.5) is 0 Å². The monoisotopic (exact) mass is 252 g/mol. The Bertz CT molecular complexity index is 713. The van der Waals surface area contributed by atoms with Gasteiger partial charge in [-0.2, -0.15) is 0 Å². The van der Waals surface area contributed by atoms with Crippen molar-refractivity contribution in [2.75, 3.05) is 0 Å². The average Bonchev–Trinajstić information content (AvgIpc) is 2.84. The van der Waals surface area contributed by atoms with E-state index in [0.29, 0.717) is 21.2 Å². The van der Waals surface area contributed by atoms with Crippen LogP contribution in [0, 0.1) is 0 Å². The first kappa shape index (κ1) is 9.62. The maximum absolute atomic E-state index is 11.5. The molecule has 0 fully saturated rings. The Morgan fingerprint density at radius 2 is 2.31 bits per heavy atom. The number of aromatic amines is 1. The molecule has 0 aliphatic carbocycles. The quantitative estimate of drug-likeness (QED) is 0.724. The number of thiophene rings is 1. The first-order valence-corrected chi connectivity index (χ1v) is 5.66. The Morgan fingerprint density at radius 1 is 1.44 bits per heavy atom. The zero-order chi connectivity index (χ0) is 11.1. The molecule has 0 saturated heterocycles. The van der Waals surface area contributed by atoms with Gasteiger partial charge in [-0.3, -0.25) is 4.79 Å². The standard InChI is InChI=1S/C10H5ClN2O2S/c11-8-2-1-6(15-8)7-3-5-9(16-7)10(14)13-4-12-5/h1-4H,(H,12,13,14). The van der Waals surface area contributed by atoms with Crippen LogP contribution in [0.5, 0.6) is 0 Å². The second-order valence-corrected chi connectivity index (χ2v) is 4.59. The van der Waals surface area contributed by atoms with Gasteiger partial charge in [-0.15, -0.1) is 11.3 Å². The molecule has 3 aromatic rings. The fourth-order valence-electron chi connectivity index (χ4n) is 1.43. The molecule has 0 bridgehead atoms. The molecule has 0 saturated carbocycles. The van der Waals surface area contributed by atoms with E-state index in [1.54, 1.807) is 12.1 Å². The van der Waals surface area contributed by atoms with Gasteiger partial charge in [0.2, 0.25) is 0 Å². The minimum Gasteiger partial charge on any atom is -0.444 e. The lowest BCUT2D eigenvalue weighted by Gasteiger charge is -1.86. The number of nitrogens with one attached hydrogen (secondary N) is 1. The molecule has 0 radical (unpaired) electrons. The number of furan rings is 1. The summed E-state index contributed by atoms with van der Waals surface area (Å²) in [5, 5.41) is 0.328. The molecule has 4 nitrogen and oxygen atoms in total. The second-order valence-electron chi connectivity index (χ2n) is 3.16. The van der Waals surface area contributed by atoms with E-state index in [-0.39, 0.29) is 5.56 Å². The molecule has 1 N–H and O–H groups in total. The number of halogens is 1. The number of hydrogen-bond acceptors (Lipinski definition) is 4. The molecular weight excluding hydrogens is 248 g/mol. The van der Waals surface area contributed by atoms with Gasteiger partial charge in [-0.25, -0.2) is 4.98 Å². The number of nitrogens with zero attached hydrogens (tertiary/aromatic N) is 1. The molecule has 0 amide bonds. The van der Waals surface area contributed by atoms with Crippen LogP contribution in [0.3, 0.4) is 0 Å². The lowest BCUT2D eigenvalue weighted by molar-refractivity contribution is 0.586. The van der Waals surface area contributed by atoms with Gasteiger partial charge in [0, 0.05) is 0 Å². The Kier molecular flexibility index (Phi) is 2.08. The van der Waals surface area contributed by atoms with Crippen LogP contribution in [0.15, 0.2) is 33.7 Å². The molecule has 3 heterocycles. The Labute approximate surface area is 98.5 Å². The van der Waals surface area contributed by atoms with Crippen molar-refractivity contribution in [2.45, 2.75) is 0 Å². The highest BCUT2D eigenvalue weighted by molar-refractivity contribution is 7.22. The van der Waals surface area contributed by atoms with E-state index in [9.17, 15) is 4.79 Å². The highest BCUT2D eigenvalue weighted by atomic mass is 35.5. The van der Waals surface area contributed by atoms with Crippen LogP contribution < -0.4 is 5.56 Å². The minimum atomic E-state index is -0.140. The van der Waals surface area contributed by atoms with Gasteiger partial charge in [0.1, 0.15) is 10.5 Å². The summed E-state index contributed by atoms with van der Waals surface area (Å²) < 4.78 is 5.86. The highest BCUT2D eigenvalue weighted by Crippen LogP contribution is 2.32. The average molecular weight is 253 g/mol. The van der Waals surface area contributed by atoms with Crippen molar-refractivity contribution in [1.29, 1.82) is 0 Å². The fraction of sp³-hybridized carbons (Fsp3) is 0. The third kappa shape index (κ3) is 1.45. The fourth-order valence-corrected chi connectivity index (χ4v) is 2.55. The van der Waals surface area contributed by atoms with Crippen molar-refractivity contribution in [2.24, 2.45) is 0 Å². The first-order valence-electron chi connectivity index (χ1n) is 4.47. The van der Waals surface area contributed by atoms with Gasteiger partial charge in [-0.1, -0.05) is 0 Å². The largest absolute Gasteiger partial charge is 0.444 e. The predicted molar refractivity (Wildman–Crippen MR) is 63.0 cm³/mol. The van der Waals surface area contributed by atoms with Gasteiger partial charge in [0.25, 0.3) is 5.56 Å². The third-order valence-electron chi connectivity index (χ3n) is 2.13. The molecule has 0 spiro atoms. The van der Waals surface area contributed by atoms with E-state index in [2.05, 4.69) is 9.97 Å². The summed E-state index contributed by atoms with van der Waals surface area (Å²) in [4.78, 5) is 18.9. The molecule has 3 rings (SSSR count). The van der Waals surface area contributed by atoms with Crippen molar-refractivity contribution in [3.63, 3.8) is 0 Å². The number of fused-ring (bicyclic) bond motifs is 1. The van der Waals surface area contributed by atoms with Gasteiger partial charge in [0.15, 0.2) is 5.22 Å². The molecular formula is C10H5ClN2O2S. The van der Waals surface area contributed by atoms with Crippen LogP contribution in [-0.2, 0) is 0 Å². The summed E-state index contributed by atoms with van der Waals surface area (Å²) in [5.41, 5.74) is 0.523. The summed E-state index contributed by atoms with van der Waals surface area (Å²) in [7, 11) is 0. The van der Waals surface area contributed by atoms with E-state index in [1.165, 1.54) is 17.7 Å². The molecule has 0 aliphatic heterocycles. The van der Waals surface area contributed by atoms with E-state index >= 15 is 0 Å². The molecule has 3 aromatic heterocycles. The van der Waals surface area contributed by atoms with Crippen LogP contribution in [0.25, 0.3) is 20.9 Å². The van der Waals surface area contributed by atoms with Crippen LogP contribution in [0.2, 0.25) is 5.22 Å². The molecule has 6 heteroatoms. The molecule has 0 aromatic carbocycles. The zero-order valence-electron chi connectivity index (χ0n) is 7.86. The maximum Gasteiger partial charge on any atom is 0.268 e. The third-order valence-corrected chi connectivity index (χ3v) is 3.47. The number of hydrogen-bond donors (Lipinski definition) is 1. The lowest BCUT2D eigenvalue weighted by Crippen LogP contribution is -2.02. The smallest absolute Gasteiger partial charge is 0.268 e. The number of aromatic nitrogens is 2. The van der Waals surface area contributed by atoms with Crippen molar-refractivity contribution < 1.29 is 4.42 Å². The molecule has 80 valence electrons. The van der Waals surface area contributed by atoms with Crippen molar-refractivity contribution >= 4 is 33.2 Å². The van der Waals surface area contributed by atoms with Crippen LogP contribution in [-0.4, -0.2) is 9.97 Å². The van der Waals surface area contributed by atoms with Gasteiger partial charge >= 0.3 is 0 Å². The lowest BCUT2D eigenvalue weighted by atomic mass is 10.3. The van der Waals surface area contributed by atoms with Crippen molar-refractivity contribution in [1.82, 2.24) is 9.97 Å². The summed E-state index contributed by atoms with van der Waals surface area (Å²) in [6, 6.07) is 5.24. The topological polar surface area (TPSA) is 58.9 Å². The Hall–Kier alpha value is -1.59. The normalized spacial score (nSPS) is 11.1. The molecule has 0 aliphatic rings. The van der Waals surface area contributed by atoms with E-state index in [4.69, 9.17) is 16.0 Å². The summed E-state index contributed by atoms with van der Waals surface area (Å²) in [6.07, 6.45) is 1.39. The number of H-pyrrole nitrogens is 1. The van der Waals surface area contributed by atoms with E-state index in [0.717, 1.165) is 4.88 Å². The van der Waals surface area contributed by atoms with Crippen molar-refractivity contribution in [3.05, 3.63) is 40.1 Å². The molecule has 0 unspecified atom stereocenters. The second kappa shape index (κ2) is 3.47. The predicted octanol–water partition coefficient (Wildman–Crippen LogP) is 2.90. The first-order chi connectivity index (χ1) is 7.74. The van der Waals surface area contributed by atoms with Gasteiger partial charge in [0.05, 0.1) is 16.7 Å². The van der Waals surface area contributed by atoms with Crippen LogP contribution in [0.1, 0.15) is 0 Å². The van der Waals surface area contributed by atoms with Crippen molar-refractivity contribution in [3.8, 4) is 10.6 Å². The van der Waals surface area contributed by atoms with Crippen LogP contribution >= 0.6 is 22.9 Å². The SMILES string of the molecule is O=c1[nH]cnc2cc(-c3ccc(Cl)o3)sc12. The summed E-state index contributed by atoms with van der Waals surface area (Å²) in [6.45, 7) is 0. The van der Waals surface area contributed by atoms with Gasteiger partial charge in [-0.05, 0) is 29.8 Å². The van der Waals surface area contributed by atoms with E-state index < -0.39 is 0 Å². The molecule has 0 atom stereocenters. The minimum absolute atomic E-state index is 0.140. The zero-order valence-corrected chi connectivity index (χ0v) is 9.43. The summed E-state index contributed by atoms with van der Waals surface area (Å²) >= 11 is 7.03. The van der Waals surface area contributed by atoms with E-state index in [1.807, 2.05) is 6.07 Å².